The van der Waals surface area contributed by atoms with Crippen LogP contribution in [0, 0.1) is 51.2 Å². The number of nitrogens with zero attached hydrogens (tertiary/aromatic N) is 2. The van der Waals surface area contributed by atoms with Crippen molar-refractivity contribution >= 4 is 5.97 Å². The van der Waals surface area contributed by atoms with Gasteiger partial charge in [0.2, 0.25) is 0 Å². The summed E-state index contributed by atoms with van der Waals surface area (Å²) < 4.78 is 6.25. The molecule has 4 heteroatoms. The molecule has 0 radical (unpaired) electrons. The van der Waals surface area contributed by atoms with Crippen molar-refractivity contribution < 1.29 is 9.53 Å². The first-order chi connectivity index (χ1) is 14.8. The Morgan fingerprint density at radius 1 is 1.06 bits per heavy atom. The number of benzene rings is 1. The molecule has 1 spiro atoms. The average Bonchev–Trinajstić information content (AvgIpc) is 3.34. The van der Waals surface area contributed by atoms with Crippen LogP contribution in [0.25, 0.3) is 0 Å². The van der Waals surface area contributed by atoms with Gasteiger partial charge in [0.05, 0.1) is 18.1 Å². The minimum atomic E-state index is -1.20. The molecule has 4 atom stereocenters. The molecule has 0 saturated heterocycles. The van der Waals surface area contributed by atoms with Crippen LogP contribution in [0.3, 0.4) is 0 Å². The van der Waals surface area contributed by atoms with Crippen molar-refractivity contribution in [2.45, 2.75) is 83.7 Å². The maximum absolute atomic E-state index is 13.5. The molecule has 0 aromatic heterocycles. The Labute approximate surface area is 186 Å². The van der Waals surface area contributed by atoms with Crippen LogP contribution in [0.15, 0.2) is 30.3 Å². The molecule has 0 N–H and O–H groups in total. The van der Waals surface area contributed by atoms with Crippen LogP contribution >= 0.6 is 0 Å². The summed E-state index contributed by atoms with van der Waals surface area (Å²) in [4.78, 5) is 13.5. The zero-order chi connectivity index (χ0) is 22.3. The highest BCUT2D eigenvalue weighted by atomic mass is 16.5. The minimum Gasteiger partial charge on any atom is -0.462 e. The smallest absolute Gasteiger partial charge is 0.312 e. The van der Waals surface area contributed by atoms with Gasteiger partial charge in [-0.05, 0) is 42.6 Å². The monoisotopic (exact) mass is 418 g/mol. The fraction of sp³-hybridized carbons (Fsp3) is 0.667. The van der Waals surface area contributed by atoms with Crippen LogP contribution in [0.2, 0.25) is 0 Å². The quantitative estimate of drug-likeness (QED) is 0.568. The third-order valence-electron chi connectivity index (χ3n) is 8.79. The van der Waals surface area contributed by atoms with Gasteiger partial charge in [-0.3, -0.25) is 4.79 Å². The highest BCUT2D eigenvalue weighted by Crippen LogP contribution is 2.75. The van der Waals surface area contributed by atoms with E-state index in [1.807, 2.05) is 6.07 Å². The lowest BCUT2D eigenvalue weighted by molar-refractivity contribution is -0.159. The predicted molar refractivity (Wildman–Crippen MR) is 119 cm³/mol. The van der Waals surface area contributed by atoms with Crippen molar-refractivity contribution in [2.24, 2.45) is 28.6 Å². The molecule has 0 aliphatic heterocycles. The average molecular weight is 419 g/mol. The standard InChI is InChI=1S/C27H34N2O2/c1-19-12-13-21(25(2,3)20-10-6-4-7-11-20)22(16-19)31-24(30)23-26(14-8-5-9-15-26)27(23,17-28)18-29/h4,6-7,10-11,19,21-23H,5,8-9,12-16H2,1-3H3/t19-,21-,22-,23+/m1/s1. The molecule has 3 fully saturated rings. The highest BCUT2D eigenvalue weighted by Gasteiger charge is 2.81. The second kappa shape index (κ2) is 7.98. The van der Waals surface area contributed by atoms with Crippen LogP contribution in [0.5, 0.6) is 0 Å². The zero-order valence-electron chi connectivity index (χ0n) is 19.1. The molecule has 4 nitrogen and oxygen atoms in total. The van der Waals surface area contributed by atoms with Gasteiger partial charge < -0.3 is 4.74 Å². The first-order valence-electron chi connectivity index (χ1n) is 11.9. The molecular formula is C27H34N2O2. The van der Waals surface area contributed by atoms with Crippen molar-refractivity contribution in [3.05, 3.63) is 35.9 Å². The molecule has 1 aromatic carbocycles. The molecule has 3 saturated carbocycles. The lowest BCUT2D eigenvalue weighted by atomic mass is 9.64. The number of ether oxygens (including phenoxy) is 1. The first kappa shape index (κ1) is 21.9. The van der Waals surface area contributed by atoms with E-state index in [0.717, 1.165) is 51.4 Å². The van der Waals surface area contributed by atoms with Gasteiger partial charge in [0.15, 0.2) is 5.41 Å². The van der Waals surface area contributed by atoms with E-state index in [1.54, 1.807) is 0 Å². The van der Waals surface area contributed by atoms with Gasteiger partial charge in [0, 0.05) is 11.3 Å². The number of hydrogen-bond donors (Lipinski definition) is 0. The van der Waals surface area contributed by atoms with Crippen LogP contribution in [0.1, 0.15) is 77.7 Å². The van der Waals surface area contributed by atoms with Gasteiger partial charge in [-0.1, -0.05) is 76.8 Å². The number of nitriles is 2. The number of hydrogen-bond acceptors (Lipinski definition) is 4. The van der Waals surface area contributed by atoms with Gasteiger partial charge in [-0.25, -0.2) is 0 Å². The van der Waals surface area contributed by atoms with Crippen LogP contribution in [-0.2, 0) is 14.9 Å². The summed E-state index contributed by atoms with van der Waals surface area (Å²) >= 11 is 0. The van der Waals surface area contributed by atoms with Crippen LogP contribution < -0.4 is 0 Å². The summed E-state index contributed by atoms with van der Waals surface area (Å²) in [7, 11) is 0. The number of esters is 1. The maximum Gasteiger partial charge on any atom is 0.312 e. The van der Waals surface area contributed by atoms with Crippen LogP contribution in [0.4, 0.5) is 0 Å². The Balaban J connectivity index is 1.58. The maximum atomic E-state index is 13.5. The lowest BCUT2D eigenvalue weighted by Gasteiger charge is -2.44. The van der Waals surface area contributed by atoms with E-state index < -0.39 is 16.7 Å². The summed E-state index contributed by atoms with van der Waals surface area (Å²) in [6, 6.07) is 15.0. The topological polar surface area (TPSA) is 73.9 Å². The molecule has 164 valence electrons. The zero-order valence-corrected chi connectivity index (χ0v) is 19.1. The van der Waals surface area contributed by atoms with E-state index >= 15 is 0 Å². The van der Waals surface area contributed by atoms with Crippen LogP contribution in [-0.4, -0.2) is 12.1 Å². The van der Waals surface area contributed by atoms with E-state index in [9.17, 15) is 15.3 Å². The molecule has 3 aliphatic carbocycles. The fourth-order valence-corrected chi connectivity index (χ4v) is 6.82. The number of carbonyl (C=O) groups excluding carboxylic acids is 1. The highest BCUT2D eigenvalue weighted by molar-refractivity contribution is 5.82. The number of carbonyl (C=O) groups is 1. The molecule has 0 amide bonds. The summed E-state index contributed by atoms with van der Waals surface area (Å²) in [5.41, 5.74) is -0.555. The second-order valence-electron chi connectivity index (χ2n) is 10.8. The van der Waals surface area contributed by atoms with Gasteiger partial charge in [0.25, 0.3) is 0 Å². The Morgan fingerprint density at radius 3 is 2.32 bits per heavy atom. The summed E-state index contributed by atoms with van der Waals surface area (Å²) in [5, 5.41) is 19.8. The molecule has 4 rings (SSSR count). The Kier molecular flexibility index (Phi) is 5.63. The van der Waals surface area contributed by atoms with Crippen molar-refractivity contribution in [1.82, 2.24) is 0 Å². The third kappa shape index (κ3) is 3.36. The Hall–Kier alpha value is -2.33. The Bertz CT molecular complexity index is 887. The number of rotatable bonds is 4. The molecule has 0 heterocycles. The molecule has 1 aromatic rings. The van der Waals surface area contributed by atoms with E-state index in [-0.39, 0.29) is 23.4 Å². The third-order valence-corrected chi connectivity index (χ3v) is 8.79. The van der Waals surface area contributed by atoms with Crippen molar-refractivity contribution in [1.29, 1.82) is 10.5 Å². The van der Waals surface area contributed by atoms with Gasteiger partial charge in [-0.15, -0.1) is 0 Å². The fourth-order valence-electron chi connectivity index (χ4n) is 6.82. The van der Waals surface area contributed by atoms with Crippen molar-refractivity contribution in [2.75, 3.05) is 0 Å². The molecular weight excluding hydrogens is 384 g/mol. The summed E-state index contributed by atoms with van der Waals surface area (Å²) in [5.74, 6) is -0.180. The summed E-state index contributed by atoms with van der Waals surface area (Å²) in [6.07, 6.45) is 7.46. The van der Waals surface area contributed by atoms with E-state index in [4.69, 9.17) is 4.74 Å². The Morgan fingerprint density at radius 2 is 1.71 bits per heavy atom. The summed E-state index contributed by atoms with van der Waals surface area (Å²) in [6.45, 7) is 6.72. The normalized spacial score (nSPS) is 31.3. The largest absolute Gasteiger partial charge is 0.462 e. The van der Waals surface area contributed by atoms with Gasteiger partial charge in [0.1, 0.15) is 6.10 Å². The molecule has 31 heavy (non-hydrogen) atoms. The minimum absolute atomic E-state index is 0.125. The van der Waals surface area contributed by atoms with E-state index in [0.29, 0.717) is 5.92 Å². The van der Waals surface area contributed by atoms with E-state index in [1.165, 1.54) is 5.56 Å². The predicted octanol–water partition coefficient (Wildman–Crippen LogP) is 5.93. The van der Waals surface area contributed by atoms with E-state index in [2.05, 4.69) is 57.2 Å². The van der Waals surface area contributed by atoms with Crippen molar-refractivity contribution in [3.63, 3.8) is 0 Å². The van der Waals surface area contributed by atoms with Gasteiger partial charge >= 0.3 is 5.97 Å². The van der Waals surface area contributed by atoms with Gasteiger partial charge in [-0.2, -0.15) is 10.5 Å². The molecule has 0 unspecified atom stereocenters. The molecule has 0 bridgehead atoms. The lowest BCUT2D eigenvalue weighted by Crippen LogP contribution is -2.44. The SMILES string of the molecule is C[C@@H]1CC[C@@H](C(C)(C)c2ccccc2)[C@H](OC(=O)[C@@H]2C(C#N)(C#N)C23CCCCC3)C1. The second-order valence-corrected chi connectivity index (χ2v) is 10.8. The van der Waals surface area contributed by atoms with Crippen molar-refractivity contribution in [3.8, 4) is 12.1 Å². The molecule has 3 aliphatic rings. The first-order valence-corrected chi connectivity index (χ1v) is 11.9.